The fourth-order valence-corrected chi connectivity index (χ4v) is 7.42. The van der Waals surface area contributed by atoms with Gasteiger partial charge >= 0.3 is 0 Å². The van der Waals surface area contributed by atoms with E-state index in [0.29, 0.717) is 32.5 Å². The maximum Gasteiger partial charge on any atom is 0.172 e. The third-order valence-electron chi connectivity index (χ3n) is 9.01. The van der Waals surface area contributed by atoms with Gasteiger partial charge in [0.25, 0.3) is 0 Å². The summed E-state index contributed by atoms with van der Waals surface area (Å²) >= 11 is 0. The number of ether oxygens (including phenoxy) is 2. The predicted octanol–water partition coefficient (Wildman–Crippen LogP) is 2.54. The minimum atomic E-state index is -0.804. The van der Waals surface area contributed by atoms with E-state index in [0.717, 1.165) is 31.8 Å². The van der Waals surface area contributed by atoms with Crippen molar-refractivity contribution in [2.75, 3.05) is 32.9 Å². The normalized spacial score (nSPS) is 39.7. The van der Waals surface area contributed by atoms with Crippen molar-refractivity contribution in [1.82, 2.24) is 4.90 Å². The Morgan fingerprint density at radius 3 is 2.73 bits per heavy atom. The first-order chi connectivity index (χ1) is 14.5. The number of hydrogen-bond donors (Lipinski definition) is 2. The first-order valence-corrected chi connectivity index (χ1v) is 11.9. The van der Waals surface area contributed by atoms with Crippen molar-refractivity contribution in [3.63, 3.8) is 0 Å². The number of piperidine rings is 1. The molecular weight excluding hydrogens is 378 g/mol. The van der Waals surface area contributed by atoms with Crippen LogP contribution in [0.15, 0.2) is 18.2 Å². The Morgan fingerprint density at radius 1 is 1.20 bits per heavy atom. The third kappa shape index (κ3) is 2.65. The summed E-state index contributed by atoms with van der Waals surface area (Å²) in [5.41, 5.74) is 2.83. The van der Waals surface area contributed by atoms with Gasteiger partial charge in [-0.2, -0.15) is 0 Å². The molecule has 2 heterocycles. The van der Waals surface area contributed by atoms with Crippen LogP contribution < -0.4 is 0 Å². The van der Waals surface area contributed by atoms with Gasteiger partial charge in [-0.3, -0.25) is 4.90 Å². The van der Waals surface area contributed by atoms with E-state index in [1.165, 1.54) is 29.5 Å². The molecule has 5 aliphatic rings. The predicted molar refractivity (Wildman–Crippen MR) is 113 cm³/mol. The minimum absolute atomic E-state index is 0.0258. The highest BCUT2D eigenvalue weighted by molar-refractivity contribution is 5.47. The van der Waals surface area contributed by atoms with E-state index in [-0.39, 0.29) is 24.0 Å². The zero-order valence-corrected chi connectivity index (χ0v) is 18.1. The van der Waals surface area contributed by atoms with Gasteiger partial charge in [-0.05, 0) is 69.0 Å². The quantitative estimate of drug-likeness (QED) is 0.794. The molecule has 1 aromatic carbocycles. The van der Waals surface area contributed by atoms with Crippen LogP contribution in [-0.2, 0) is 21.3 Å². The van der Waals surface area contributed by atoms with Gasteiger partial charge in [0.2, 0.25) is 0 Å². The second-order valence-corrected chi connectivity index (χ2v) is 10.7. The zero-order valence-electron chi connectivity index (χ0n) is 18.1. The second-order valence-electron chi connectivity index (χ2n) is 10.7. The topological polar surface area (TPSA) is 62.2 Å². The van der Waals surface area contributed by atoms with Crippen molar-refractivity contribution in [3.05, 3.63) is 34.9 Å². The summed E-state index contributed by atoms with van der Waals surface area (Å²) in [6.07, 6.45) is 6.50. The molecule has 2 bridgehead atoms. The van der Waals surface area contributed by atoms with Crippen molar-refractivity contribution < 1.29 is 19.7 Å². The zero-order chi connectivity index (χ0) is 20.6. The van der Waals surface area contributed by atoms with Crippen molar-refractivity contribution in [1.29, 1.82) is 0 Å². The first kappa shape index (κ1) is 19.7. The molecule has 5 nitrogen and oxygen atoms in total. The Balaban J connectivity index is 1.49. The molecule has 0 aromatic heterocycles. The van der Waals surface area contributed by atoms with Crippen molar-refractivity contribution in [2.45, 2.75) is 74.7 Å². The first-order valence-electron chi connectivity index (χ1n) is 11.9. The number of aliphatic hydroxyl groups is 2. The van der Waals surface area contributed by atoms with Crippen LogP contribution in [0.3, 0.4) is 0 Å². The maximum absolute atomic E-state index is 12.6. The summed E-state index contributed by atoms with van der Waals surface area (Å²) in [5, 5.41) is 22.4. The van der Waals surface area contributed by atoms with Crippen molar-refractivity contribution in [2.24, 2.45) is 11.8 Å². The summed E-state index contributed by atoms with van der Waals surface area (Å²) in [6.45, 7) is 5.63. The number of fused-ring (bicyclic) bond motifs is 1. The minimum Gasteiger partial charge on any atom is -0.396 e. The van der Waals surface area contributed by atoms with E-state index < -0.39 is 11.4 Å². The lowest BCUT2D eigenvalue weighted by atomic mass is 9.46. The Bertz CT molecular complexity index is 832. The molecule has 3 aliphatic carbocycles. The van der Waals surface area contributed by atoms with E-state index in [1.807, 2.05) is 0 Å². The fourth-order valence-electron chi connectivity index (χ4n) is 7.42. The SMILES string of the molecule is Cc1ccc2c(c1)[C@]13CCN(CC4CC4)[C@H](C2)[C@]1(O)C[C@H](CCO)C1(C3)OCCO1. The summed E-state index contributed by atoms with van der Waals surface area (Å²) < 4.78 is 12.6. The van der Waals surface area contributed by atoms with Crippen molar-refractivity contribution >= 4 is 0 Å². The van der Waals surface area contributed by atoms with Crippen LogP contribution in [0, 0.1) is 18.8 Å². The van der Waals surface area contributed by atoms with E-state index >= 15 is 0 Å². The molecule has 1 spiro atoms. The van der Waals surface area contributed by atoms with E-state index in [4.69, 9.17) is 9.47 Å². The lowest BCUT2D eigenvalue weighted by Crippen LogP contribution is -2.76. The van der Waals surface area contributed by atoms with Crippen LogP contribution in [0.2, 0.25) is 0 Å². The summed E-state index contributed by atoms with van der Waals surface area (Å²) in [7, 11) is 0. The lowest BCUT2D eigenvalue weighted by Gasteiger charge is -2.67. The third-order valence-corrected chi connectivity index (χ3v) is 9.01. The van der Waals surface area contributed by atoms with Crippen LogP contribution in [0.25, 0.3) is 0 Å². The van der Waals surface area contributed by atoms with Crippen LogP contribution in [0.4, 0.5) is 0 Å². The highest BCUT2D eigenvalue weighted by atomic mass is 16.7. The second kappa shape index (κ2) is 6.76. The molecular formula is C25H35NO4. The average Bonchev–Trinajstić information content (AvgIpc) is 3.42. The monoisotopic (exact) mass is 413 g/mol. The molecule has 4 atom stereocenters. The molecule has 2 saturated heterocycles. The van der Waals surface area contributed by atoms with Crippen molar-refractivity contribution in [3.8, 4) is 0 Å². The average molecular weight is 414 g/mol. The maximum atomic E-state index is 12.6. The van der Waals surface area contributed by atoms with Gasteiger partial charge < -0.3 is 19.7 Å². The van der Waals surface area contributed by atoms with E-state index in [9.17, 15) is 10.2 Å². The fraction of sp³-hybridized carbons (Fsp3) is 0.760. The Morgan fingerprint density at radius 2 is 2.00 bits per heavy atom. The van der Waals surface area contributed by atoms with Gasteiger partial charge in [-0.15, -0.1) is 0 Å². The van der Waals surface area contributed by atoms with Crippen LogP contribution >= 0.6 is 0 Å². The van der Waals surface area contributed by atoms with Crippen LogP contribution in [0.1, 0.15) is 55.2 Å². The number of likely N-dealkylation sites (tertiary alicyclic amines) is 1. The number of rotatable bonds is 4. The molecule has 4 fully saturated rings. The number of nitrogens with zero attached hydrogens (tertiary/aromatic N) is 1. The molecule has 6 rings (SSSR count). The Kier molecular flexibility index (Phi) is 4.43. The molecule has 1 aromatic rings. The molecule has 0 amide bonds. The van der Waals surface area contributed by atoms with Crippen LogP contribution in [0.5, 0.6) is 0 Å². The van der Waals surface area contributed by atoms with Gasteiger partial charge in [0.1, 0.15) is 0 Å². The van der Waals surface area contributed by atoms with Gasteiger partial charge in [0.05, 0.1) is 18.8 Å². The Labute approximate surface area is 179 Å². The van der Waals surface area contributed by atoms with Gasteiger partial charge in [-0.1, -0.05) is 23.8 Å². The largest absolute Gasteiger partial charge is 0.396 e. The standard InChI is InChI=1S/C25H35NO4/c1-17-2-5-19-13-22-24(28)14-20(6-9-27)25(29-10-11-30-25)16-23(24,21(19)12-17)7-8-26(22)15-18-3-4-18/h2,5,12,18,20,22,27-28H,3-4,6-11,13-16H2,1H3/t20-,22+,23+,24+/m0/s1. The number of aliphatic hydroxyl groups excluding tert-OH is 1. The molecule has 2 aliphatic heterocycles. The molecule has 2 N–H and O–H groups in total. The highest BCUT2D eigenvalue weighted by Gasteiger charge is 2.70. The van der Waals surface area contributed by atoms with E-state index in [1.54, 1.807) is 0 Å². The molecule has 0 radical (unpaired) electrons. The van der Waals surface area contributed by atoms with E-state index in [2.05, 4.69) is 30.0 Å². The molecule has 0 unspecified atom stereocenters. The number of benzene rings is 1. The summed E-state index contributed by atoms with van der Waals surface area (Å²) in [4.78, 5) is 2.60. The molecule has 30 heavy (non-hydrogen) atoms. The molecule has 5 heteroatoms. The van der Waals surface area contributed by atoms with Gasteiger partial charge in [0.15, 0.2) is 5.79 Å². The van der Waals surface area contributed by atoms with Gasteiger partial charge in [-0.25, -0.2) is 0 Å². The smallest absolute Gasteiger partial charge is 0.172 e. The Hall–Kier alpha value is -0.980. The summed E-state index contributed by atoms with van der Waals surface area (Å²) in [5.74, 6) is 0.166. The summed E-state index contributed by atoms with van der Waals surface area (Å²) in [6, 6.07) is 6.98. The number of aryl methyl sites for hydroxylation is 1. The lowest BCUT2D eigenvalue weighted by molar-refractivity contribution is -0.288. The molecule has 2 saturated carbocycles. The van der Waals surface area contributed by atoms with Crippen LogP contribution in [-0.4, -0.2) is 65.5 Å². The molecule has 164 valence electrons. The van der Waals surface area contributed by atoms with Gasteiger partial charge in [0, 0.05) is 36.9 Å². The number of hydrogen-bond acceptors (Lipinski definition) is 5. The highest BCUT2D eigenvalue weighted by Crippen LogP contribution is 2.63.